The van der Waals surface area contributed by atoms with Crippen LogP contribution in [0.4, 0.5) is 0 Å². The summed E-state index contributed by atoms with van der Waals surface area (Å²) in [6, 6.07) is 12.1. The van der Waals surface area contributed by atoms with Crippen molar-refractivity contribution in [1.29, 1.82) is 0 Å². The highest BCUT2D eigenvalue weighted by molar-refractivity contribution is 6.30. The van der Waals surface area contributed by atoms with Crippen molar-refractivity contribution < 1.29 is 18.7 Å². The summed E-state index contributed by atoms with van der Waals surface area (Å²) in [7, 11) is 0. The van der Waals surface area contributed by atoms with Crippen LogP contribution < -0.4 is 10.2 Å². The molecule has 0 saturated carbocycles. The lowest BCUT2D eigenvalue weighted by atomic mass is 10.1. The molecule has 1 heterocycles. The average molecular weight is 373 g/mol. The zero-order valence-corrected chi connectivity index (χ0v) is 15.1. The van der Waals surface area contributed by atoms with Gasteiger partial charge in [0.25, 0.3) is 0 Å². The second kappa shape index (κ2) is 7.62. The van der Waals surface area contributed by atoms with Crippen LogP contribution in [0, 0.1) is 6.92 Å². The topological polar surface area (TPSA) is 65.7 Å². The van der Waals surface area contributed by atoms with Gasteiger partial charge in [0, 0.05) is 10.6 Å². The molecule has 0 radical (unpaired) electrons. The van der Waals surface area contributed by atoms with Crippen LogP contribution in [0.25, 0.3) is 22.3 Å². The Morgan fingerprint density at radius 2 is 1.88 bits per heavy atom. The van der Waals surface area contributed by atoms with Crippen LogP contribution in [0.3, 0.4) is 0 Å². The van der Waals surface area contributed by atoms with Gasteiger partial charge in [0.05, 0.1) is 12.0 Å². The second-order valence-corrected chi connectivity index (χ2v) is 6.13. The van der Waals surface area contributed by atoms with E-state index in [0.717, 1.165) is 5.56 Å². The highest BCUT2D eigenvalue weighted by Crippen LogP contribution is 2.32. The second-order valence-electron chi connectivity index (χ2n) is 5.69. The SMILES string of the molecule is CCOC(=O)COc1c(-c2ccc(Cl)cc2)oc2cc(C)ccc2c1=O. The van der Waals surface area contributed by atoms with Crippen LogP contribution in [0.1, 0.15) is 12.5 Å². The van der Waals surface area contributed by atoms with Gasteiger partial charge in [-0.05, 0) is 55.8 Å². The number of carbonyl (C=O) groups is 1. The van der Waals surface area contributed by atoms with Crippen LogP contribution in [-0.4, -0.2) is 19.2 Å². The van der Waals surface area contributed by atoms with Gasteiger partial charge >= 0.3 is 5.97 Å². The molecule has 6 heteroatoms. The van der Waals surface area contributed by atoms with Gasteiger partial charge in [-0.2, -0.15) is 0 Å². The molecule has 0 atom stereocenters. The van der Waals surface area contributed by atoms with E-state index in [0.29, 0.717) is 21.6 Å². The van der Waals surface area contributed by atoms with Gasteiger partial charge in [-0.25, -0.2) is 4.79 Å². The maximum absolute atomic E-state index is 12.9. The number of hydrogen-bond acceptors (Lipinski definition) is 5. The normalized spacial score (nSPS) is 10.7. The van der Waals surface area contributed by atoms with E-state index in [2.05, 4.69) is 0 Å². The summed E-state index contributed by atoms with van der Waals surface area (Å²) in [6.45, 7) is 3.46. The summed E-state index contributed by atoms with van der Waals surface area (Å²) in [5.41, 5.74) is 1.68. The van der Waals surface area contributed by atoms with E-state index in [-0.39, 0.29) is 30.2 Å². The van der Waals surface area contributed by atoms with Crippen LogP contribution in [0.15, 0.2) is 51.7 Å². The first-order chi connectivity index (χ1) is 12.5. The van der Waals surface area contributed by atoms with Crippen LogP contribution in [0.5, 0.6) is 5.75 Å². The Hall–Kier alpha value is -2.79. The van der Waals surface area contributed by atoms with E-state index < -0.39 is 5.97 Å². The number of ether oxygens (including phenoxy) is 2. The van der Waals surface area contributed by atoms with Gasteiger partial charge < -0.3 is 13.9 Å². The predicted octanol–water partition coefficient (Wildman–Crippen LogP) is 4.36. The molecule has 2 aromatic carbocycles. The summed E-state index contributed by atoms with van der Waals surface area (Å²) in [6.07, 6.45) is 0. The number of esters is 1. The van der Waals surface area contributed by atoms with E-state index in [9.17, 15) is 9.59 Å². The molecule has 0 bridgehead atoms. The van der Waals surface area contributed by atoms with Gasteiger partial charge in [0.2, 0.25) is 11.2 Å². The number of rotatable bonds is 5. The molecule has 0 amide bonds. The molecule has 0 spiro atoms. The fraction of sp³-hybridized carbons (Fsp3) is 0.200. The number of fused-ring (bicyclic) bond motifs is 1. The lowest BCUT2D eigenvalue weighted by molar-refractivity contribution is -0.145. The first-order valence-electron chi connectivity index (χ1n) is 8.11. The van der Waals surface area contributed by atoms with Gasteiger partial charge in [0.1, 0.15) is 5.58 Å². The van der Waals surface area contributed by atoms with Crippen molar-refractivity contribution >= 4 is 28.5 Å². The van der Waals surface area contributed by atoms with E-state index in [4.69, 9.17) is 25.5 Å². The van der Waals surface area contributed by atoms with E-state index in [1.807, 2.05) is 13.0 Å². The van der Waals surface area contributed by atoms with E-state index in [1.165, 1.54) is 0 Å². The minimum atomic E-state index is -0.557. The van der Waals surface area contributed by atoms with Crippen molar-refractivity contribution in [2.75, 3.05) is 13.2 Å². The Bertz CT molecular complexity index is 1010. The molecule has 5 nitrogen and oxygen atoms in total. The number of hydrogen-bond donors (Lipinski definition) is 0. The van der Waals surface area contributed by atoms with Gasteiger partial charge in [-0.1, -0.05) is 17.7 Å². The monoisotopic (exact) mass is 372 g/mol. The minimum absolute atomic E-state index is 0.0308. The van der Waals surface area contributed by atoms with Crippen molar-refractivity contribution in [1.82, 2.24) is 0 Å². The maximum Gasteiger partial charge on any atom is 0.344 e. The average Bonchev–Trinajstić information content (AvgIpc) is 2.61. The molecule has 1 aromatic heterocycles. The third-order valence-electron chi connectivity index (χ3n) is 3.75. The van der Waals surface area contributed by atoms with Crippen molar-refractivity contribution in [3.63, 3.8) is 0 Å². The molecule has 0 unspecified atom stereocenters. The number of aryl methyl sites for hydroxylation is 1. The van der Waals surface area contributed by atoms with Crippen LogP contribution in [-0.2, 0) is 9.53 Å². The lowest BCUT2D eigenvalue weighted by Gasteiger charge is -2.11. The molecular weight excluding hydrogens is 356 g/mol. The highest BCUT2D eigenvalue weighted by atomic mass is 35.5. The van der Waals surface area contributed by atoms with Crippen molar-refractivity contribution in [2.24, 2.45) is 0 Å². The quantitative estimate of drug-likeness (QED) is 0.622. The molecule has 26 heavy (non-hydrogen) atoms. The molecule has 0 fully saturated rings. The summed E-state index contributed by atoms with van der Waals surface area (Å²) >= 11 is 5.94. The first kappa shape index (κ1) is 18.0. The molecule has 0 saturated heterocycles. The maximum atomic E-state index is 12.9. The lowest BCUT2D eigenvalue weighted by Crippen LogP contribution is -2.18. The van der Waals surface area contributed by atoms with Crippen molar-refractivity contribution in [3.05, 3.63) is 63.3 Å². The Balaban J connectivity index is 2.15. The molecule has 0 aliphatic heterocycles. The molecule has 134 valence electrons. The third kappa shape index (κ3) is 3.73. The standard InChI is InChI=1S/C20H17ClO5/c1-3-24-17(22)11-25-20-18(23)15-9-4-12(2)10-16(15)26-19(20)13-5-7-14(21)8-6-13/h4-10H,3,11H2,1-2H3. The van der Waals surface area contributed by atoms with Crippen molar-refractivity contribution in [3.8, 4) is 17.1 Å². The minimum Gasteiger partial charge on any atom is -0.474 e. The summed E-state index contributed by atoms with van der Waals surface area (Å²) in [4.78, 5) is 24.5. The Labute approximate surface area is 155 Å². The van der Waals surface area contributed by atoms with Gasteiger partial charge in [0.15, 0.2) is 12.4 Å². The van der Waals surface area contributed by atoms with Gasteiger partial charge in [-0.3, -0.25) is 4.79 Å². The molecule has 3 aromatic rings. The fourth-order valence-electron chi connectivity index (χ4n) is 2.54. The Morgan fingerprint density at radius 1 is 1.15 bits per heavy atom. The van der Waals surface area contributed by atoms with Crippen LogP contribution >= 0.6 is 11.6 Å². The molecular formula is C20H17ClO5. The Morgan fingerprint density at radius 3 is 2.58 bits per heavy atom. The molecule has 3 rings (SSSR count). The highest BCUT2D eigenvalue weighted by Gasteiger charge is 2.19. The largest absolute Gasteiger partial charge is 0.474 e. The summed E-state index contributed by atoms with van der Waals surface area (Å²) in [5.74, 6) is -0.344. The molecule has 0 aliphatic rings. The van der Waals surface area contributed by atoms with Crippen molar-refractivity contribution in [2.45, 2.75) is 13.8 Å². The third-order valence-corrected chi connectivity index (χ3v) is 4.00. The zero-order valence-electron chi connectivity index (χ0n) is 14.4. The number of halogens is 1. The van der Waals surface area contributed by atoms with Crippen LogP contribution in [0.2, 0.25) is 5.02 Å². The van der Waals surface area contributed by atoms with Gasteiger partial charge in [-0.15, -0.1) is 0 Å². The summed E-state index contributed by atoms with van der Waals surface area (Å²) < 4.78 is 16.3. The smallest absolute Gasteiger partial charge is 0.344 e. The predicted molar refractivity (Wildman–Crippen MR) is 99.8 cm³/mol. The molecule has 0 aliphatic carbocycles. The first-order valence-corrected chi connectivity index (χ1v) is 8.49. The zero-order chi connectivity index (χ0) is 18.7. The van der Waals surface area contributed by atoms with E-state index >= 15 is 0 Å². The number of carbonyl (C=O) groups excluding carboxylic acids is 1. The Kier molecular flexibility index (Phi) is 5.28. The summed E-state index contributed by atoms with van der Waals surface area (Å²) in [5, 5.41) is 0.939. The fourth-order valence-corrected chi connectivity index (χ4v) is 2.67. The van der Waals surface area contributed by atoms with E-state index in [1.54, 1.807) is 43.3 Å². The molecule has 0 N–H and O–H groups in total. The number of benzene rings is 2.